The predicted octanol–water partition coefficient (Wildman–Crippen LogP) is 2.76. The SMILES string of the molecule is CC(CC1CCCCN1)NCc1ccc(N(C)C)cc1. The van der Waals surface area contributed by atoms with Gasteiger partial charge in [0.15, 0.2) is 0 Å². The topological polar surface area (TPSA) is 27.3 Å². The molecule has 0 amide bonds. The van der Waals surface area contributed by atoms with Crippen molar-refractivity contribution >= 4 is 5.69 Å². The fourth-order valence-electron chi connectivity index (χ4n) is 2.84. The normalized spacial score (nSPS) is 20.6. The van der Waals surface area contributed by atoms with E-state index in [4.69, 9.17) is 0 Å². The van der Waals surface area contributed by atoms with E-state index in [2.05, 4.69) is 60.8 Å². The molecule has 0 bridgehead atoms. The summed E-state index contributed by atoms with van der Waals surface area (Å²) in [5, 5.41) is 7.26. The van der Waals surface area contributed by atoms with Crippen molar-refractivity contribution in [2.24, 2.45) is 0 Å². The summed E-state index contributed by atoms with van der Waals surface area (Å²) in [5.74, 6) is 0. The van der Waals surface area contributed by atoms with Crippen LogP contribution in [0.4, 0.5) is 5.69 Å². The Hall–Kier alpha value is -1.06. The van der Waals surface area contributed by atoms with Crippen molar-refractivity contribution in [1.29, 1.82) is 0 Å². The molecule has 20 heavy (non-hydrogen) atoms. The molecule has 0 saturated carbocycles. The van der Waals surface area contributed by atoms with Crippen molar-refractivity contribution in [3.05, 3.63) is 29.8 Å². The van der Waals surface area contributed by atoms with E-state index in [-0.39, 0.29) is 0 Å². The minimum atomic E-state index is 0.569. The first-order valence-electron chi connectivity index (χ1n) is 7.88. The molecule has 2 rings (SSSR count). The number of rotatable bonds is 6. The first-order chi connectivity index (χ1) is 9.65. The van der Waals surface area contributed by atoms with Crippen LogP contribution in [0.2, 0.25) is 0 Å². The van der Waals surface area contributed by atoms with Gasteiger partial charge < -0.3 is 15.5 Å². The standard InChI is InChI=1S/C17H29N3/c1-14(12-16-6-4-5-11-18-16)19-13-15-7-9-17(10-8-15)20(2)3/h7-10,14,16,18-19H,4-6,11-13H2,1-3H3. The molecule has 112 valence electrons. The summed E-state index contributed by atoms with van der Waals surface area (Å²) in [6, 6.07) is 10.1. The molecule has 1 saturated heterocycles. The molecule has 1 aromatic rings. The Kier molecular flexibility index (Phi) is 5.86. The Morgan fingerprint density at radius 2 is 2.00 bits per heavy atom. The third-order valence-electron chi connectivity index (χ3n) is 4.16. The number of piperidine rings is 1. The molecule has 0 aliphatic carbocycles. The van der Waals surface area contributed by atoms with E-state index in [1.165, 1.54) is 43.5 Å². The van der Waals surface area contributed by atoms with Crippen LogP contribution in [0.3, 0.4) is 0 Å². The first kappa shape index (κ1) is 15.3. The Bertz CT molecular complexity index is 380. The van der Waals surface area contributed by atoms with Gasteiger partial charge >= 0.3 is 0 Å². The van der Waals surface area contributed by atoms with Crippen LogP contribution in [0.15, 0.2) is 24.3 Å². The first-order valence-corrected chi connectivity index (χ1v) is 7.88. The summed E-state index contributed by atoms with van der Waals surface area (Å²) in [7, 11) is 4.15. The number of nitrogens with one attached hydrogen (secondary N) is 2. The van der Waals surface area contributed by atoms with Gasteiger partial charge in [-0.3, -0.25) is 0 Å². The molecule has 1 aliphatic rings. The summed E-state index contributed by atoms with van der Waals surface area (Å²) in [4.78, 5) is 2.13. The van der Waals surface area contributed by atoms with Gasteiger partial charge in [-0.25, -0.2) is 0 Å². The highest BCUT2D eigenvalue weighted by atomic mass is 15.1. The quantitative estimate of drug-likeness (QED) is 0.836. The Morgan fingerprint density at radius 1 is 1.25 bits per heavy atom. The number of nitrogens with zero attached hydrogens (tertiary/aromatic N) is 1. The second-order valence-electron chi connectivity index (χ2n) is 6.23. The molecular weight excluding hydrogens is 246 g/mol. The van der Waals surface area contributed by atoms with Crippen LogP contribution < -0.4 is 15.5 Å². The van der Waals surface area contributed by atoms with Gasteiger partial charge in [0.1, 0.15) is 0 Å². The van der Waals surface area contributed by atoms with Gasteiger partial charge in [0.05, 0.1) is 0 Å². The monoisotopic (exact) mass is 275 g/mol. The van der Waals surface area contributed by atoms with Crippen LogP contribution in [-0.2, 0) is 6.54 Å². The highest BCUT2D eigenvalue weighted by molar-refractivity contribution is 5.45. The lowest BCUT2D eigenvalue weighted by molar-refractivity contribution is 0.344. The molecule has 2 unspecified atom stereocenters. The van der Waals surface area contributed by atoms with Crippen LogP contribution in [0.5, 0.6) is 0 Å². The fourth-order valence-corrected chi connectivity index (χ4v) is 2.84. The Balaban J connectivity index is 1.73. The second kappa shape index (κ2) is 7.65. The maximum atomic E-state index is 3.64. The molecule has 1 aromatic carbocycles. The van der Waals surface area contributed by atoms with Gasteiger partial charge in [-0.2, -0.15) is 0 Å². The molecular formula is C17H29N3. The highest BCUT2D eigenvalue weighted by Crippen LogP contribution is 2.14. The van der Waals surface area contributed by atoms with Crippen molar-refractivity contribution in [3.63, 3.8) is 0 Å². The van der Waals surface area contributed by atoms with Crippen LogP contribution in [-0.4, -0.2) is 32.7 Å². The van der Waals surface area contributed by atoms with Crippen molar-refractivity contribution in [1.82, 2.24) is 10.6 Å². The zero-order valence-corrected chi connectivity index (χ0v) is 13.2. The lowest BCUT2D eigenvalue weighted by Crippen LogP contribution is -2.39. The van der Waals surface area contributed by atoms with E-state index < -0.39 is 0 Å². The van der Waals surface area contributed by atoms with Gasteiger partial charge in [-0.15, -0.1) is 0 Å². The summed E-state index contributed by atoms with van der Waals surface area (Å²) in [6.45, 7) is 4.45. The summed E-state index contributed by atoms with van der Waals surface area (Å²) in [5.41, 5.74) is 2.62. The fraction of sp³-hybridized carbons (Fsp3) is 0.647. The second-order valence-corrected chi connectivity index (χ2v) is 6.23. The van der Waals surface area contributed by atoms with E-state index in [9.17, 15) is 0 Å². The highest BCUT2D eigenvalue weighted by Gasteiger charge is 2.15. The minimum Gasteiger partial charge on any atom is -0.378 e. The van der Waals surface area contributed by atoms with Crippen molar-refractivity contribution in [2.75, 3.05) is 25.5 Å². The number of hydrogen-bond acceptors (Lipinski definition) is 3. The summed E-state index contributed by atoms with van der Waals surface area (Å²) < 4.78 is 0. The van der Waals surface area contributed by atoms with Gasteiger partial charge in [-0.05, 0) is 50.4 Å². The van der Waals surface area contributed by atoms with Crippen LogP contribution in [0.25, 0.3) is 0 Å². The molecule has 1 aliphatic heterocycles. The molecule has 3 heteroatoms. The summed E-state index contributed by atoms with van der Waals surface area (Å²) >= 11 is 0. The maximum Gasteiger partial charge on any atom is 0.0361 e. The van der Waals surface area contributed by atoms with Gasteiger partial charge in [0.25, 0.3) is 0 Å². The third-order valence-corrected chi connectivity index (χ3v) is 4.16. The Morgan fingerprint density at radius 3 is 2.60 bits per heavy atom. The molecule has 0 radical (unpaired) electrons. The van der Waals surface area contributed by atoms with Gasteiger partial charge in [0.2, 0.25) is 0 Å². The van der Waals surface area contributed by atoms with E-state index >= 15 is 0 Å². The minimum absolute atomic E-state index is 0.569. The maximum absolute atomic E-state index is 3.64. The van der Waals surface area contributed by atoms with Crippen molar-refractivity contribution in [2.45, 2.75) is 51.2 Å². The number of anilines is 1. The zero-order chi connectivity index (χ0) is 14.4. The van der Waals surface area contributed by atoms with Crippen LogP contribution in [0, 0.1) is 0 Å². The molecule has 3 nitrogen and oxygen atoms in total. The van der Waals surface area contributed by atoms with Crippen LogP contribution >= 0.6 is 0 Å². The van der Waals surface area contributed by atoms with E-state index in [0.29, 0.717) is 12.1 Å². The largest absolute Gasteiger partial charge is 0.378 e. The lowest BCUT2D eigenvalue weighted by Gasteiger charge is -2.26. The number of hydrogen-bond donors (Lipinski definition) is 2. The molecule has 1 fully saturated rings. The molecule has 0 aromatic heterocycles. The third kappa shape index (κ3) is 4.80. The smallest absolute Gasteiger partial charge is 0.0361 e. The van der Waals surface area contributed by atoms with Gasteiger partial charge in [0, 0.05) is 38.4 Å². The van der Waals surface area contributed by atoms with E-state index in [1.807, 2.05) is 0 Å². The number of benzene rings is 1. The van der Waals surface area contributed by atoms with Crippen molar-refractivity contribution in [3.8, 4) is 0 Å². The van der Waals surface area contributed by atoms with E-state index in [0.717, 1.165) is 6.54 Å². The van der Waals surface area contributed by atoms with Crippen molar-refractivity contribution < 1.29 is 0 Å². The van der Waals surface area contributed by atoms with Crippen LogP contribution in [0.1, 0.15) is 38.2 Å². The van der Waals surface area contributed by atoms with E-state index in [1.54, 1.807) is 0 Å². The average molecular weight is 275 g/mol. The molecule has 2 atom stereocenters. The molecule has 2 N–H and O–H groups in total. The molecule has 1 heterocycles. The Labute approximate surface area is 123 Å². The van der Waals surface area contributed by atoms with Gasteiger partial charge in [-0.1, -0.05) is 18.6 Å². The lowest BCUT2D eigenvalue weighted by atomic mass is 9.99. The molecule has 0 spiro atoms. The predicted molar refractivity (Wildman–Crippen MR) is 87.3 cm³/mol. The zero-order valence-electron chi connectivity index (χ0n) is 13.2. The average Bonchev–Trinajstić information content (AvgIpc) is 2.46. The summed E-state index contributed by atoms with van der Waals surface area (Å²) in [6.07, 6.45) is 5.30.